The lowest BCUT2D eigenvalue weighted by atomic mass is 9.99. The number of likely N-dealkylation sites (N-methyl/N-ethyl adjacent to an activating group) is 1. The lowest BCUT2D eigenvalue weighted by Gasteiger charge is -2.11. The predicted octanol–water partition coefficient (Wildman–Crippen LogP) is -0.260. The van der Waals surface area contributed by atoms with Crippen LogP contribution in [0.15, 0.2) is 0 Å². The Hall–Kier alpha value is -0.610. The molecule has 4 nitrogen and oxygen atoms in total. The van der Waals surface area contributed by atoms with Crippen molar-refractivity contribution in [1.29, 1.82) is 0 Å². The maximum Gasteiger partial charge on any atom is 0.303 e. The van der Waals surface area contributed by atoms with E-state index < -0.39 is 5.97 Å². The van der Waals surface area contributed by atoms with Crippen LogP contribution in [0.4, 0.5) is 0 Å². The number of aliphatic carboxylic acids is 1. The van der Waals surface area contributed by atoms with Gasteiger partial charge in [-0.1, -0.05) is 0 Å². The Kier molecular flexibility index (Phi) is 3.05. The molecule has 1 saturated heterocycles. The molecule has 0 bridgehead atoms. The molecule has 1 aliphatic rings. The molecule has 4 heteroatoms. The van der Waals surface area contributed by atoms with E-state index in [0.29, 0.717) is 12.3 Å². The quantitative estimate of drug-likeness (QED) is 0.615. The summed E-state index contributed by atoms with van der Waals surface area (Å²) in [6.07, 6.45) is 0.951. The summed E-state index contributed by atoms with van der Waals surface area (Å²) in [6.45, 7) is 1.83. The van der Waals surface area contributed by atoms with E-state index in [1.807, 2.05) is 7.05 Å². The minimum atomic E-state index is -0.725. The fourth-order valence-electron chi connectivity index (χ4n) is 1.73. The van der Waals surface area contributed by atoms with E-state index >= 15 is 0 Å². The number of carboxylic acid groups (broad SMARTS) is 1. The van der Waals surface area contributed by atoms with Gasteiger partial charge in [-0.3, -0.25) is 4.79 Å². The summed E-state index contributed by atoms with van der Waals surface area (Å²) in [5.41, 5.74) is 5.82. The third-order valence-corrected chi connectivity index (χ3v) is 2.40. The lowest BCUT2D eigenvalue weighted by Crippen LogP contribution is -2.29. The third kappa shape index (κ3) is 2.46. The minimum Gasteiger partial charge on any atom is -0.481 e. The van der Waals surface area contributed by atoms with E-state index in [1.165, 1.54) is 0 Å². The molecule has 2 atom stereocenters. The van der Waals surface area contributed by atoms with Crippen LogP contribution in [0.25, 0.3) is 0 Å². The Morgan fingerprint density at radius 3 is 2.75 bits per heavy atom. The molecule has 0 saturated carbocycles. The van der Waals surface area contributed by atoms with Crippen molar-refractivity contribution in [2.75, 3.05) is 20.1 Å². The van der Waals surface area contributed by atoms with Gasteiger partial charge in [0.2, 0.25) is 0 Å². The van der Waals surface area contributed by atoms with Gasteiger partial charge in [-0.05, 0) is 19.4 Å². The van der Waals surface area contributed by atoms with Gasteiger partial charge in [-0.2, -0.15) is 0 Å². The zero-order chi connectivity index (χ0) is 9.14. The van der Waals surface area contributed by atoms with E-state index in [0.717, 1.165) is 13.1 Å². The van der Waals surface area contributed by atoms with Crippen LogP contribution in [-0.4, -0.2) is 42.2 Å². The lowest BCUT2D eigenvalue weighted by molar-refractivity contribution is -0.137. The first kappa shape index (κ1) is 9.48. The molecular weight excluding hydrogens is 156 g/mol. The summed E-state index contributed by atoms with van der Waals surface area (Å²) < 4.78 is 0. The van der Waals surface area contributed by atoms with Crippen LogP contribution in [0.5, 0.6) is 0 Å². The Balaban J connectivity index is 2.28. The van der Waals surface area contributed by atoms with E-state index in [4.69, 9.17) is 10.8 Å². The summed E-state index contributed by atoms with van der Waals surface area (Å²) in [4.78, 5) is 12.4. The molecule has 2 unspecified atom stereocenters. The van der Waals surface area contributed by atoms with Gasteiger partial charge >= 0.3 is 5.97 Å². The van der Waals surface area contributed by atoms with Crippen molar-refractivity contribution < 1.29 is 9.90 Å². The van der Waals surface area contributed by atoms with Gasteiger partial charge in [0.15, 0.2) is 0 Å². The molecule has 0 aromatic carbocycles. The van der Waals surface area contributed by atoms with Crippen LogP contribution in [0.2, 0.25) is 0 Å². The zero-order valence-corrected chi connectivity index (χ0v) is 7.36. The summed E-state index contributed by atoms with van der Waals surface area (Å²) in [5.74, 6) is -0.358. The Labute approximate surface area is 72.3 Å². The highest BCUT2D eigenvalue weighted by molar-refractivity contribution is 5.66. The number of rotatable bonds is 3. The van der Waals surface area contributed by atoms with Gasteiger partial charge in [0, 0.05) is 25.6 Å². The minimum absolute atomic E-state index is 0.161. The molecule has 0 spiro atoms. The van der Waals surface area contributed by atoms with Crippen LogP contribution in [0.3, 0.4) is 0 Å². The molecule has 0 aromatic heterocycles. The third-order valence-electron chi connectivity index (χ3n) is 2.40. The number of hydrogen-bond donors (Lipinski definition) is 2. The zero-order valence-electron chi connectivity index (χ0n) is 7.36. The van der Waals surface area contributed by atoms with E-state index in [1.54, 1.807) is 0 Å². The van der Waals surface area contributed by atoms with E-state index in [9.17, 15) is 4.79 Å². The second-order valence-corrected chi connectivity index (χ2v) is 3.58. The highest BCUT2D eigenvalue weighted by atomic mass is 16.4. The van der Waals surface area contributed by atoms with Gasteiger partial charge in [0.25, 0.3) is 0 Å². The van der Waals surface area contributed by atoms with Crippen molar-refractivity contribution in [2.24, 2.45) is 11.7 Å². The summed E-state index contributed by atoms with van der Waals surface area (Å²) in [7, 11) is 2.01. The van der Waals surface area contributed by atoms with Gasteiger partial charge in [0.05, 0.1) is 0 Å². The van der Waals surface area contributed by atoms with Crippen LogP contribution in [0.1, 0.15) is 12.8 Å². The van der Waals surface area contributed by atoms with Gasteiger partial charge in [0.1, 0.15) is 0 Å². The normalized spacial score (nSPS) is 30.8. The van der Waals surface area contributed by atoms with Crippen molar-refractivity contribution in [3.63, 3.8) is 0 Å². The number of hydrogen-bond acceptors (Lipinski definition) is 3. The monoisotopic (exact) mass is 172 g/mol. The summed E-state index contributed by atoms with van der Waals surface area (Å²) in [5, 5.41) is 8.47. The summed E-state index contributed by atoms with van der Waals surface area (Å²) in [6, 6.07) is 0.161. The topological polar surface area (TPSA) is 66.6 Å². The first-order valence-electron chi connectivity index (χ1n) is 4.25. The van der Waals surface area contributed by atoms with Crippen LogP contribution in [-0.2, 0) is 4.79 Å². The molecule has 12 heavy (non-hydrogen) atoms. The van der Waals surface area contributed by atoms with Crippen LogP contribution < -0.4 is 5.73 Å². The second kappa shape index (κ2) is 3.87. The molecule has 1 heterocycles. The fourth-order valence-corrected chi connectivity index (χ4v) is 1.73. The SMILES string of the molecule is CN1CC(N)C(CCC(=O)O)C1. The highest BCUT2D eigenvalue weighted by Crippen LogP contribution is 2.18. The van der Waals surface area contributed by atoms with Crippen molar-refractivity contribution in [3.05, 3.63) is 0 Å². The molecule has 1 fully saturated rings. The molecule has 0 aromatic rings. The maximum atomic E-state index is 10.3. The number of likely N-dealkylation sites (tertiary alicyclic amines) is 1. The molecule has 1 aliphatic heterocycles. The average molecular weight is 172 g/mol. The standard InChI is InChI=1S/C8H16N2O2/c1-10-4-6(7(9)5-10)2-3-8(11)12/h6-7H,2-5,9H2,1H3,(H,11,12). The highest BCUT2D eigenvalue weighted by Gasteiger charge is 2.27. The molecule has 1 rings (SSSR count). The van der Waals surface area contributed by atoms with Crippen LogP contribution in [0, 0.1) is 5.92 Å². The number of carboxylic acids is 1. The fraction of sp³-hybridized carbons (Fsp3) is 0.875. The van der Waals surface area contributed by atoms with E-state index in [2.05, 4.69) is 4.90 Å². The summed E-state index contributed by atoms with van der Waals surface area (Å²) >= 11 is 0. The second-order valence-electron chi connectivity index (χ2n) is 3.58. The van der Waals surface area contributed by atoms with Crippen molar-refractivity contribution in [3.8, 4) is 0 Å². The average Bonchev–Trinajstić information content (AvgIpc) is 2.26. The maximum absolute atomic E-state index is 10.3. The van der Waals surface area contributed by atoms with Gasteiger partial charge in [-0.15, -0.1) is 0 Å². The van der Waals surface area contributed by atoms with Gasteiger partial charge in [-0.25, -0.2) is 0 Å². The largest absolute Gasteiger partial charge is 0.481 e. The first-order valence-corrected chi connectivity index (χ1v) is 4.25. The molecule has 0 amide bonds. The Morgan fingerprint density at radius 1 is 1.67 bits per heavy atom. The molecular formula is C8H16N2O2. The smallest absolute Gasteiger partial charge is 0.303 e. The molecule has 0 aliphatic carbocycles. The van der Waals surface area contributed by atoms with Gasteiger partial charge < -0.3 is 15.7 Å². The van der Waals surface area contributed by atoms with Crippen molar-refractivity contribution in [2.45, 2.75) is 18.9 Å². The van der Waals surface area contributed by atoms with E-state index in [-0.39, 0.29) is 12.5 Å². The van der Waals surface area contributed by atoms with Crippen molar-refractivity contribution in [1.82, 2.24) is 4.90 Å². The number of nitrogens with two attached hydrogens (primary N) is 1. The molecule has 70 valence electrons. The predicted molar refractivity (Wildman–Crippen MR) is 45.8 cm³/mol. The van der Waals surface area contributed by atoms with Crippen LogP contribution >= 0.6 is 0 Å². The first-order chi connectivity index (χ1) is 5.59. The Morgan fingerprint density at radius 2 is 2.33 bits per heavy atom. The molecule has 3 N–H and O–H groups in total. The molecule has 0 radical (unpaired) electrons. The number of nitrogens with zero attached hydrogens (tertiary/aromatic N) is 1. The Bertz CT molecular complexity index is 172. The number of carbonyl (C=O) groups is 1. The van der Waals surface area contributed by atoms with Crippen molar-refractivity contribution >= 4 is 5.97 Å².